The van der Waals surface area contributed by atoms with Crippen molar-refractivity contribution in [2.75, 3.05) is 5.32 Å². The van der Waals surface area contributed by atoms with Crippen LogP contribution >= 0.6 is 0 Å². The second kappa shape index (κ2) is 6.17. The molecule has 7 nitrogen and oxygen atoms in total. The van der Waals surface area contributed by atoms with Crippen molar-refractivity contribution < 1.29 is 14.7 Å². The zero-order valence-electron chi connectivity index (χ0n) is 11.8. The minimum Gasteiger partial charge on any atom is -0.481 e. The number of carbonyl (C=O) groups is 2. The van der Waals surface area contributed by atoms with Crippen molar-refractivity contribution in [2.45, 2.75) is 19.8 Å². The Balaban J connectivity index is 2.08. The Kier molecular flexibility index (Phi) is 4.32. The summed E-state index contributed by atoms with van der Waals surface area (Å²) in [5, 5.41) is 15.6. The highest BCUT2D eigenvalue weighted by Crippen LogP contribution is 2.10. The number of hydrogen-bond acceptors (Lipinski definition) is 4. The molecule has 0 aliphatic heterocycles. The number of aromatic nitrogens is 3. The molecule has 0 fully saturated rings. The van der Waals surface area contributed by atoms with Crippen LogP contribution in [-0.2, 0) is 24.7 Å². The summed E-state index contributed by atoms with van der Waals surface area (Å²) >= 11 is 0. The lowest BCUT2D eigenvalue weighted by molar-refractivity contribution is -0.136. The van der Waals surface area contributed by atoms with E-state index in [4.69, 9.17) is 5.11 Å². The highest BCUT2D eigenvalue weighted by Gasteiger charge is 2.13. The van der Waals surface area contributed by atoms with Gasteiger partial charge in [0.05, 0.1) is 29.7 Å². The molecule has 0 spiro atoms. The quantitative estimate of drug-likeness (QED) is 0.863. The summed E-state index contributed by atoms with van der Waals surface area (Å²) in [6.45, 7) is 1.97. The lowest BCUT2D eigenvalue weighted by Gasteiger charge is -2.05. The first-order valence-electron chi connectivity index (χ1n) is 6.50. The van der Waals surface area contributed by atoms with E-state index in [-0.39, 0.29) is 12.3 Å². The molecule has 0 saturated carbocycles. The van der Waals surface area contributed by atoms with Gasteiger partial charge in [-0.3, -0.25) is 19.3 Å². The number of pyridine rings is 1. The van der Waals surface area contributed by atoms with E-state index in [1.165, 1.54) is 10.9 Å². The Morgan fingerprint density at radius 1 is 1.33 bits per heavy atom. The Hall–Kier alpha value is -2.70. The topological polar surface area (TPSA) is 97.1 Å². The highest BCUT2D eigenvalue weighted by atomic mass is 16.4. The first kappa shape index (κ1) is 14.7. The zero-order valence-corrected chi connectivity index (χ0v) is 11.8. The Morgan fingerprint density at radius 2 is 2.10 bits per heavy atom. The van der Waals surface area contributed by atoms with Crippen molar-refractivity contribution in [3.05, 3.63) is 41.5 Å². The van der Waals surface area contributed by atoms with Crippen LogP contribution < -0.4 is 5.32 Å². The second-order valence-corrected chi connectivity index (χ2v) is 4.56. The number of aryl methyl sites for hydroxylation is 2. The van der Waals surface area contributed by atoms with Gasteiger partial charge in [-0.25, -0.2) is 0 Å². The molecular weight excluding hydrogens is 272 g/mol. The number of nitrogens with zero attached hydrogens (tertiary/aromatic N) is 3. The lowest BCUT2D eigenvalue weighted by atomic mass is 10.2. The van der Waals surface area contributed by atoms with Gasteiger partial charge in [0.15, 0.2) is 0 Å². The van der Waals surface area contributed by atoms with Gasteiger partial charge in [-0.05, 0) is 24.6 Å². The molecule has 0 aromatic carbocycles. The van der Waals surface area contributed by atoms with Crippen molar-refractivity contribution in [1.82, 2.24) is 14.8 Å². The van der Waals surface area contributed by atoms with E-state index in [2.05, 4.69) is 15.4 Å². The fraction of sp³-hybridized carbons (Fsp3) is 0.286. The molecule has 0 aliphatic rings. The molecule has 0 radical (unpaired) electrons. The van der Waals surface area contributed by atoms with Gasteiger partial charge < -0.3 is 10.4 Å². The number of rotatable bonds is 5. The number of carbonyl (C=O) groups excluding carboxylic acids is 1. The molecule has 2 rings (SSSR count). The standard InChI is InChI=1S/C14H16N4O3/c1-3-9-6-12(18(2)17-9)14(21)16-11-5-4-10(15-8-11)7-13(19)20/h4-6,8H,3,7H2,1-2H3,(H,16,21)(H,19,20). The normalized spacial score (nSPS) is 10.4. The van der Waals surface area contributed by atoms with Crippen molar-refractivity contribution >= 4 is 17.6 Å². The maximum atomic E-state index is 12.1. The molecule has 2 aromatic heterocycles. The zero-order chi connectivity index (χ0) is 15.4. The van der Waals surface area contributed by atoms with Crippen LogP contribution in [0.3, 0.4) is 0 Å². The van der Waals surface area contributed by atoms with Crippen LogP contribution in [0.2, 0.25) is 0 Å². The molecular formula is C14H16N4O3. The lowest BCUT2D eigenvalue weighted by Crippen LogP contribution is -2.16. The summed E-state index contributed by atoms with van der Waals surface area (Å²) in [4.78, 5) is 26.7. The van der Waals surface area contributed by atoms with E-state index in [0.29, 0.717) is 17.1 Å². The Labute approximate surface area is 121 Å². The van der Waals surface area contributed by atoms with Gasteiger partial charge in [-0.2, -0.15) is 5.10 Å². The van der Waals surface area contributed by atoms with E-state index in [1.54, 1.807) is 25.2 Å². The average Bonchev–Trinajstić information content (AvgIpc) is 2.82. The Bertz CT molecular complexity index is 661. The third-order valence-electron chi connectivity index (χ3n) is 2.94. The third kappa shape index (κ3) is 3.65. The summed E-state index contributed by atoms with van der Waals surface area (Å²) < 4.78 is 1.53. The number of nitrogens with one attached hydrogen (secondary N) is 1. The SMILES string of the molecule is CCc1cc(C(=O)Nc2ccc(CC(=O)O)nc2)n(C)n1. The van der Waals surface area contributed by atoms with E-state index >= 15 is 0 Å². The maximum Gasteiger partial charge on any atom is 0.309 e. The molecule has 0 atom stereocenters. The van der Waals surface area contributed by atoms with Crippen LogP contribution in [0.4, 0.5) is 5.69 Å². The number of amides is 1. The number of hydrogen-bond donors (Lipinski definition) is 2. The van der Waals surface area contributed by atoms with E-state index in [0.717, 1.165) is 12.1 Å². The average molecular weight is 288 g/mol. The van der Waals surface area contributed by atoms with Gasteiger partial charge in [-0.15, -0.1) is 0 Å². The van der Waals surface area contributed by atoms with Gasteiger partial charge in [0.2, 0.25) is 0 Å². The minimum atomic E-state index is -0.943. The molecule has 0 saturated heterocycles. The van der Waals surface area contributed by atoms with Crippen molar-refractivity contribution in [3.8, 4) is 0 Å². The number of aliphatic carboxylic acids is 1. The largest absolute Gasteiger partial charge is 0.481 e. The second-order valence-electron chi connectivity index (χ2n) is 4.56. The molecule has 0 bridgehead atoms. The first-order valence-corrected chi connectivity index (χ1v) is 6.50. The molecule has 1 amide bonds. The summed E-state index contributed by atoms with van der Waals surface area (Å²) in [6.07, 6.45) is 2.05. The molecule has 110 valence electrons. The fourth-order valence-electron chi connectivity index (χ4n) is 1.86. The number of carboxylic acid groups (broad SMARTS) is 1. The van der Waals surface area contributed by atoms with Crippen LogP contribution in [0.5, 0.6) is 0 Å². The molecule has 0 unspecified atom stereocenters. The van der Waals surface area contributed by atoms with Gasteiger partial charge in [0, 0.05) is 7.05 Å². The van der Waals surface area contributed by atoms with Gasteiger partial charge in [-0.1, -0.05) is 6.92 Å². The first-order chi connectivity index (χ1) is 9.99. The molecule has 2 N–H and O–H groups in total. The summed E-state index contributed by atoms with van der Waals surface area (Å²) in [5.74, 6) is -1.22. The summed E-state index contributed by atoms with van der Waals surface area (Å²) in [7, 11) is 1.71. The van der Waals surface area contributed by atoms with Gasteiger partial charge in [0.1, 0.15) is 5.69 Å². The van der Waals surface area contributed by atoms with E-state index < -0.39 is 5.97 Å². The molecule has 2 heterocycles. The number of carboxylic acids is 1. The summed E-state index contributed by atoms with van der Waals surface area (Å²) in [6, 6.07) is 4.94. The predicted octanol–water partition coefficient (Wildman–Crippen LogP) is 1.26. The van der Waals surface area contributed by atoms with E-state index in [9.17, 15) is 9.59 Å². The molecule has 21 heavy (non-hydrogen) atoms. The van der Waals surface area contributed by atoms with Crippen molar-refractivity contribution in [2.24, 2.45) is 7.05 Å². The van der Waals surface area contributed by atoms with Crippen LogP contribution in [0.15, 0.2) is 24.4 Å². The van der Waals surface area contributed by atoms with Crippen LogP contribution in [-0.4, -0.2) is 31.7 Å². The fourth-order valence-corrected chi connectivity index (χ4v) is 1.86. The Morgan fingerprint density at radius 3 is 2.62 bits per heavy atom. The smallest absolute Gasteiger partial charge is 0.309 e. The van der Waals surface area contributed by atoms with Crippen LogP contribution in [0.25, 0.3) is 0 Å². The highest BCUT2D eigenvalue weighted by molar-refractivity contribution is 6.03. The molecule has 2 aromatic rings. The number of anilines is 1. The van der Waals surface area contributed by atoms with E-state index in [1.807, 2.05) is 6.92 Å². The minimum absolute atomic E-state index is 0.143. The summed E-state index contributed by atoms with van der Waals surface area (Å²) in [5.41, 5.74) is 2.25. The van der Waals surface area contributed by atoms with Crippen molar-refractivity contribution in [1.29, 1.82) is 0 Å². The van der Waals surface area contributed by atoms with Gasteiger partial charge >= 0.3 is 5.97 Å². The van der Waals surface area contributed by atoms with Crippen molar-refractivity contribution in [3.63, 3.8) is 0 Å². The van der Waals surface area contributed by atoms with Crippen LogP contribution in [0.1, 0.15) is 28.8 Å². The molecule has 7 heteroatoms. The molecule has 0 aliphatic carbocycles. The monoisotopic (exact) mass is 288 g/mol. The van der Waals surface area contributed by atoms with Crippen LogP contribution in [0, 0.1) is 0 Å². The predicted molar refractivity (Wildman–Crippen MR) is 76.1 cm³/mol. The van der Waals surface area contributed by atoms with Gasteiger partial charge in [0.25, 0.3) is 5.91 Å². The third-order valence-corrected chi connectivity index (χ3v) is 2.94. The maximum absolute atomic E-state index is 12.1.